The van der Waals surface area contributed by atoms with Crippen molar-refractivity contribution in [2.75, 3.05) is 36.4 Å². The molecule has 2 heterocycles. The first-order valence-corrected chi connectivity index (χ1v) is 12.4. The van der Waals surface area contributed by atoms with E-state index < -0.39 is 0 Å². The van der Waals surface area contributed by atoms with Crippen molar-refractivity contribution in [2.24, 2.45) is 5.92 Å². The highest BCUT2D eigenvalue weighted by atomic mass is 16.1. The van der Waals surface area contributed by atoms with Gasteiger partial charge in [0.25, 0.3) is 5.91 Å². The molecule has 0 bridgehead atoms. The second kappa shape index (κ2) is 9.94. The molecular formula is C28H33N5O. The summed E-state index contributed by atoms with van der Waals surface area (Å²) < 4.78 is 0. The average Bonchev–Trinajstić information content (AvgIpc) is 2.91. The number of nitrogens with zero attached hydrogens (tertiary/aromatic N) is 4. The molecule has 0 spiro atoms. The van der Waals surface area contributed by atoms with Crippen LogP contribution >= 0.6 is 0 Å². The van der Waals surface area contributed by atoms with Crippen molar-refractivity contribution in [1.29, 1.82) is 0 Å². The Bertz CT molecular complexity index is 1090. The summed E-state index contributed by atoms with van der Waals surface area (Å²) in [5.41, 5.74) is 4.00. The van der Waals surface area contributed by atoms with Crippen molar-refractivity contribution < 1.29 is 4.79 Å². The van der Waals surface area contributed by atoms with Crippen LogP contribution in [0.5, 0.6) is 0 Å². The summed E-state index contributed by atoms with van der Waals surface area (Å²) in [6.45, 7) is 6.53. The maximum atomic E-state index is 12.7. The van der Waals surface area contributed by atoms with Gasteiger partial charge in [-0.05, 0) is 67.5 Å². The second-order valence-corrected chi connectivity index (χ2v) is 9.69. The largest absolute Gasteiger partial charge is 0.369 e. The van der Waals surface area contributed by atoms with Crippen LogP contribution < -0.4 is 10.2 Å². The average molecular weight is 456 g/mol. The molecule has 1 aliphatic carbocycles. The van der Waals surface area contributed by atoms with Crippen LogP contribution in [0.25, 0.3) is 0 Å². The maximum absolute atomic E-state index is 12.7. The number of rotatable bonds is 5. The predicted octanol–water partition coefficient (Wildman–Crippen LogP) is 4.96. The molecule has 0 unspecified atom stereocenters. The Kier molecular flexibility index (Phi) is 6.59. The van der Waals surface area contributed by atoms with Crippen LogP contribution in [0, 0.1) is 5.92 Å². The molecule has 3 aromatic rings. The van der Waals surface area contributed by atoms with Gasteiger partial charge in [-0.3, -0.25) is 9.69 Å². The number of hydrogen-bond donors (Lipinski definition) is 1. The minimum absolute atomic E-state index is 0.0221. The summed E-state index contributed by atoms with van der Waals surface area (Å²) in [5, 5.41) is 10.6. The number of carbonyl (C=O) groups is 1. The molecular weight excluding hydrogens is 422 g/mol. The Morgan fingerprint density at radius 3 is 2.41 bits per heavy atom. The minimum atomic E-state index is -0.158. The van der Waals surface area contributed by atoms with Gasteiger partial charge in [0.2, 0.25) is 0 Å². The smallest absolute Gasteiger partial charge is 0.257 e. The molecule has 2 fully saturated rings. The van der Waals surface area contributed by atoms with Crippen LogP contribution in [0.3, 0.4) is 0 Å². The van der Waals surface area contributed by atoms with E-state index in [9.17, 15) is 4.79 Å². The topological polar surface area (TPSA) is 61.4 Å². The SMILES string of the molecule is C[C@H]1CC[C@](c2cccc(NC(=O)c3ccnnc3)c2)(N2CCN(c3ccccc3)CC2)CC1. The molecule has 1 N–H and O–H groups in total. The lowest BCUT2D eigenvalue weighted by molar-refractivity contribution is 0.0299. The zero-order valence-electron chi connectivity index (χ0n) is 19.9. The van der Waals surface area contributed by atoms with Gasteiger partial charge in [0, 0.05) is 43.1 Å². The standard InChI is InChI=1S/C28H33N5O/c1-22-10-13-28(14-11-22,33-18-16-32(17-19-33)26-8-3-2-4-9-26)24-6-5-7-25(20-24)31-27(34)23-12-15-29-30-21-23/h2-9,12,15,20-22H,10-11,13-14,16-19H2,1H3,(H,31,34)/t22-,28-. The Labute approximate surface area is 202 Å². The molecule has 1 saturated heterocycles. The molecule has 2 aromatic carbocycles. The van der Waals surface area contributed by atoms with Crippen molar-refractivity contribution in [3.63, 3.8) is 0 Å². The van der Waals surface area contributed by atoms with E-state index >= 15 is 0 Å². The van der Waals surface area contributed by atoms with Crippen LogP contribution in [0.15, 0.2) is 73.1 Å². The number of benzene rings is 2. The van der Waals surface area contributed by atoms with Gasteiger partial charge in [-0.2, -0.15) is 10.2 Å². The summed E-state index contributed by atoms with van der Waals surface area (Å²) in [4.78, 5) is 17.9. The van der Waals surface area contributed by atoms with Crippen LogP contribution in [0.2, 0.25) is 0 Å². The second-order valence-electron chi connectivity index (χ2n) is 9.69. The summed E-state index contributed by atoms with van der Waals surface area (Å²) in [5.74, 6) is 0.607. The molecule has 1 saturated carbocycles. The van der Waals surface area contributed by atoms with Gasteiger partial charge in [-0.1, -0.05) is 37.3 Å². The van der Waals surface area contributed by atoms with E-state index in [0.717, 1.165) is 50.6 Å². The third-order valence-corrected chi connectivity index (χ3v) is 7.61. The van der Waals surface area contributed by atoms with E-state index in [1.165, 1.54) is 30.3 Å². The molecule has 1 aromatic heterocycles. The Hall–Kier alpha value is -3.25. The number of anilines is 2. The third kappa shape index (κ3) is 4.68. The molecule has 1 amide bonds. The maximum Gasteiger partial charge on any atom is 0.257 e. The molecule has 176 valence electrons. The third-order valence-electron chi connectivity index (χ3n) is 7.61. The number of para-hydroxylation sites is 1. The molecule has 2 aliphatic rings. The first-order chi connectivity index (χ1) is 16.6. The van der Waals surface area contributed by atoms with Crippen molar-refractivity contribution in [1.82, 2.24) is 15.1 Å². The summed E-state index contributed by atoms with van der Waals surface area (Å²) >= 11 is 0. The number of nitrogens with one attached hydrogen (secondary N) is 1. The Morgan fingerprint density at radius 2 is 1.71 bits per heavy atom. The monoisotopic (exact) mass is 455 g/mol. The zero-order valence-corrected chi connectivity index (χ0v) is 19.9. The summed E-state index contributed by atoms with van der Waals surface area (Å²) in [6.07, 6.45) is 7.82. The van der Waals surface area contributed by atoms with Gasteiger partial charge >= 0.3 is 0 Å². The molecule has 5 rings (SSSR count). The van der Waals surface area contributed by atoms with Crippen LogP contribution in [-0.2, 0) is 5.54 Å². The normalized spacial score (nSPS) is 23.4. The minimum Gasteiger partial charge on any atom is -0.369 e. The number of amides is 1. The Morgan fingerprint density at radius 1 is 0.941 bits per heavy atom. The van der Waals surface area contributed by atoms with Gasteiger partial charge in [-0.15, -0.1) is 0 Å². The van der Waals surface area contributed by atoms with Crippen LogP contribution in [0.1, 0.15) is 48.5 Å². The number of aromatic nitrogens is 2. The van der Waals surface area contributed by atoms with Crippen molar-refractivity contribution in [3.8, 4) is 0 Å². The first kappa shape index (κ1) is 22.5. The predicted molar refractivity (Wildman–Crippen MR) is 136 cm³/mol. The highest BCUT2D eigenvalue weighted by molar-refractivity contribution is 6.04. The van der Waals surface area contributed by atoms with Crippen molar-refractivity contribution in [2.45, 2.75) is 38.1 Å². The fourth-order valence-electron chi connectivity index (χ4n) is 5.57. The van der Waals surface area contributed by atoms with Gasteiger partial charge in [0.05, 0.1) is 18.0 Å². The lowest BCUT2D eigenvalue weighted by Gasteiger charge is -2.51. The van der Waals surface area contributed by atoms with Crippen molar-refractivity contribution >= 4 is 17.3 Å². The van der Waals surface area contributed by atoms with E-state index in [-0.39, 0.29) is 11.4 Å². The van der Waals surface area contributed by atoms with Gasteiger partial charge in [-0.25, -0.2) is 0 Å². The van der Waals surface area contributed by atoms with E-state index in [2.05, 4.69) is 80.8 Å². The summed E-state index contributed by atoms with van der Waals surface area (Å²) in [7, 11) is 0. The van der Waals surface area contributed by atoms with Gasteiger partial charge in [0.1, 0.15) is 0 Å². The fourth-order valence-corrected chi connectivity index (χ4v) is 5.57. The Balaban J connectivity index is 1.37. The number of carbonyl (C=O) groups excluding carboxylic acids is 1. The molecule has 34 heavy (non-hydrogen) atoms. The van der Waals surface area contributed by atoms with Gasteiger partial charge < -0.3 is 10.2 Å². The van der Waals surface area contributed by atoms with E-state index in [1.807, 2.05) is 6.07 Å². The van der Waals surface area contributed by atoms with E-state index in [0.29, 0.717) is 5.56 Å². The fraction of sp³-hybridized carbons (Fsp3) is 0.393. The lowest BCUT2D eigenvalue weighted by Crippen LogP contribution is -2.56. The van der Waals surface area contributed by atoms with Crippen LogP contribution in [0.4, 0.5) is 11.4 Å². The first-order valence-electron chi connectivity index (χ1n) is 12.4. The number of piperazine rings is 1. The molecule has 0 atom stereocenters. The zero-order chi connectivity index (χ0) is 23.4. The van der Waals surface area contributed by atoms with Crippen LogP contribution in [-0.4, -0.2) is 47.2 Å². The number of hydrogen-bond acceptors (Lipinski definition) is 5. The highest BCUT2D eigenvalue weighted by Gasteiger charge is 2.42. The molecule has 1 aliphatic heterocycles. The van der Waals surface area contributed by atoms with Crippen molar-refractivity contribution in [3.05, 3.63) is 84.2 Å². The summed E-state index contributed by atoms with van der Waals surface area (Å²) in [6, 6.07) is 20.9. The molecule has 6 heteroatoms. The molecule has 6 nitrogen and oxygen atoms in total. The lowest BCUT2D eigenvalue weighted by atomic mass is 9.71. The highest BCUT2D eigenvalue weighted by Crippen LogP contribution is 2.45. The quantitative estimate of drug-likeness (QED) is 0.589. The van der Waals surface area contributed by atoms with E-state index in [4.69, 9.17) is 0 Å². The van der Waals surface area contributed by atoms with E-state index in [1.54, 1.807) is 12.3 Å². The molecule has 0 radical (unpaired) electrons. The van der Waals surface area contributed by atoms with Gasteiger partial charge in [0.15, 0.2) is 0 Å².